The minimum atomic E-state index is -0.754. The molecule has 0 radical (unpaired) electrons. The highest BCUT2D eigenvalue weighted by molar-refractivity contribution is 6.37. The van der Waals surface area contributed by atoms with Gasteiger partial charge in [0.1, 0.15) is 5.69 Å². The Bertz CT molecular complexity index is 698. The van der Waals surface area contributed by atoms with Gasteiger partial charge in [-0.3, -0.25) is 14.4 Å². The molecule has 122 valence electrons. The lowest BCUT2D eigenvalue weighted by Gasteiger charge is -2.24. The van der Waals surface area contributed by atoms with E-state index < -0.39 is 17.8 Å². The second-order valence-electron chi connectivity index (χ2n) is 4.33. The molecule has 0 saturated carbocycles. The zero-order chi connectivity index (χ0) is 17.7. The summed E-state index contributed by atoms with van der Waals surface area (Å²) in [6.45, 7) is 3.49. The molecule has 0 aromatic heterocycles. The predicted octanol–water partition coefficient (Wildman–Crippen LogP) is 1.96. The molecule has 9 heteroatoms. The Morgan fingerprint density at radius 2 is 1.57 bits per heavy atom. The van der Waals surface area contributed by atoms with Gasteiger partial charge in [-0.05, 0) is 12.1 Å². The standard InChI is InChI=1S/C14H14ClN3O5/c1-8(19)17(22-4)12-5-11(7-16)6-13(14(12)15)18(9(2)20)23-10(3)21/h5-6H,1-4H3. The van der Waals surface area contributed by atoms with Crippen molar-refractivity contribution in [1.82, 2.24) is 0 Å². The molecule has 0 heterocycles. The number of hydrogen-bond donors (Lipinski definition) is 0. The van der Waals surface area contributed by atoms with Gasteiger partial charge in [0.2, 0.25) is 5.91 Å². The molecule has 0 aliphatic rings. The molecule has 0 spiro atoms. The molecular weight excluding hydrogens is 326 g/mol. The van der Waals surface area contributed by atoms with Crippen molar-refractivity contribution >= 4 is 40.8 Å². The third kappa shape index (κ3) is 4.18. The first-order valence-corrected chi connectivity index (χ1v) is 6.68. The van der Waals surface area contributed by atoms with Crippen molar-refractivity contribution < 1.29 is 24.1 Å². The average Bonchev–Trinajstić information content (AvgIpc) is 2.46. The Labute approximate surface area is 137 Å². The van der Waals surface area contributed by atoms with Gasteiger partial charge in [0.15, 0.2) is 0 Å². The minimum Gasteiger partial charge on any atom is -0.333 e. The highest BCUT2D eigenvalue weighted by Gasteiger charge is 2.25. The summed E-state index contributed by atoms with van der Waals surface area (Å²) in [6.07, 6.45) is 0. The van der Waals surface area contributed by atoms with Crippen molar-refractivity contribution in [2.75, 3.05) is 17.2 Å². The van der Waals surface area contributed by atoms with E-state index in [-0.39, 0.29) is 22.0 Å². The van der Waals surface area contributed by atoms with Crippen LogP contribution in [-0.4, -0.2) is 24.9 Å². The SMILES string of the molecule is CON(C(C)=O)c1cc(C#N)cc(N(OC(C)=O)C(C)=O)c1Cl. The van der Waals surface area contributed by atoms with Gasteiger partial charge in [-0.15, -0.1) is 5.06 Å². The normalized spacial score (nSPS) is 9.74. The Morgan fingerprint density at radius 3 is 1.91 bits per heavy atom. The van der Waals surface area contributed by atoms with Gasteiger partial charge in [0.05, 0.1) is 29.5 Å². The summed E-state index contributed by atoms with van der Waals surface area (Å²) in [6, 6.07) is 4.43. The number of hydroxylamine groups is 2. The number of benzene rings is 1. The van der Waals surface area contributed by atoms with E-state index in [1.54, 1.807) is 0 Å². The Balaban J connectivity index is 3.60. The number of halogens is 1. The highest BCUT2D eigenvalue weighted by Crippen LogP contribution is 2.37. The fraction of sp³-hybridized carbons (Fsp3) is 0.286. The van der Waals surface area contributed by atoms with Gasteiger partial charge in [-0.2, -0.15) is 10.3 Å². The molecule has 2 amide bonds. The molecular formula is C14H14ClN3O5. The van der Waals surface area contributed by atoms with Crippen LogP contribution in [0.3, 0.4) is 0 Å². The molecule has 0 aliphatic heterocycles. The van der Waals surface area contributed by atoms with Crippen LogP contribution in [0, 0.1) is 11.3 Å². The summed E-state index contributed by atoms with van der Waals surface area (Å²) in [5, 5.41) is 10.5. The van der Waals surface area contributed by atoms with E-state index in [0.29, 0.717) is 5.06 Å². The second kappa shape index (κ2) is 7.58. The van der Waals surface area contributed by atoms with Crippen LogP contribution >= 0.6 is 11.6 Å². The quantitative estimate of drug-likeness (QED) is 0.780. The number of anilines is 2. The molecule has 0 bridgehead atoms. The predicted molar refractivity (Wildman–Crippen MR) is 81.3 cm³/mol. The Kier molecular flexibility index (Phi) is 6.07. The molecule has 0 saturated heterocycles. The molecule has 0 aliphatic carbocycles. The monoisotopic (exact) mass is 339 g/mol. The third-order valence-corrected chi connectivity index (χ3v) is 2.96. The van der Waals surface area contributed by atoms with Crippen LogP contribution in [0.4, 0.5) is 11.4 Å². The van der Waals surface area contributed by atoms with Crippen molar-refractivity contribution in [1.29, 1.82) is 5.26 Å². The Hall–Kier alpha value is -2.63. The lowest BCUT2D eigenvalue weighted by molar-refractivity contribution is -0.147. The van der Waals surface area contributed by atoms with Crippen molar-refractivity contribution in [2.24, 2.45) is 0 Å². The Morgan fingerprint density at radius 1 is 1.09 bits per heavy atom. The van der Waals surface area contributed by atoms with Crippen LogP contribution in [-0.2, 0) is 24.1 Å². The van der Waals surface area contributed by atoms with Crippen molar-refractivity contribution in [3.63, 3.8) is 0 Å². The van der Waals surface area contributed by atoms with E-state index in [4.69, 9.17) is 26.5 Å². The van der Waals surface area contributed by atoms with E-state index in [2.05, 4.69) is 0 Å². The molecule has 23 heavy (non-hydrogen) atoms. The number of amides is 2. The highest BCUT2D eigenvalue weighted by atomic mass is 35.5. The van der Waals surface area contributed by atoms with Gasteiger partial charge < -0.3 is 4.84 Å². The van der Waals surface area contributed by atoms with Crippen molar-refractivity contribution in [2.45, 2.75) is 20.8 Å². The van der Waals surface area contributed by atoms with Crippen LogP contribution in [0.15, 0.2) is 12.1 Å². The second-order valence-corrected chi connectivity index (χ2v) is 4.71. The number of nitriles is 1. The first-order chi connectivity index (χ1) is 10.7. The minimum absolute atomic E-state index is 0.0362. The number of rotatable bonds is 3. The van der Waals surface area contributed by atoms with Gasteiger partial charge >= 0.3 is 5.97 Å². The zero-order valence-corrected chi connectivity index (χ0v) is 13.7. The van der Waals surface area contributed by atoms with E-state index in [0.717, 1.165) is 18.9 Å². The maximum atomic E-state index is 11.7. The van der Waals surface area contributed by atoms with E-state index in [9.17, 15) is 14.4 Å². The zero-order valence-electron chi connectivity index (χ0n) is 12.9. The number of hydrogen-bond acceptors (Lipinski definition) is 6. The fourth-order valence-corrected chi connectivity index (χ4v) is 2.03. The summed E-state index contributed by atoms with van der Waals surface area (Å²) in [7, 11) is 1.24. The number of nitrogens with zero attached hydrogens (tertiary/aromatic N) is 3. The van der Waals surface area contributed by atoms with E-state index >= 15 is 0 Å². The summed E-state index contributed by atoms with van der Waals surface area (Å²) in [4.78, 5) is 44.2. The molecule has 1 aromatic carbocycles. The van der Waals surface area contributed by atoms with E-state index in [1.807, 2.05) is 6.07 Å². The van der Waals surface area contributed by atoms with Crippen LogP contribution in [0.1, 0.15) is 26.3 Å². The molecule has 0 atom stereocenters. The lowest BCUT2D eigenvalue weighted by atomic mass is 10.1. The third-order valence-electron chi connectivity index (χ3n) is 2.58. The molecule has 0 unspecified atom stereocenters. The van der Waals surface area contributed by atoms with Gasteiger partial charge in [0, 0.05) is 20.8 Å². The van der Waals surface area contributed by atoms with Crippen LogP contribution < -0.4 is 10.1 Å². The van der Waals surface area contributed by atoms with Gasteiger partial charge in [0.25, 0.3) is 5.91 Å². The summed E-state index contributed by atoms with van der Waals surface area (Å²) in [5.41, 5.74) is 0.0573. The average molecular weight is 340 g/mol. The summed E-state index contributed by atoms with van der Waals surface area (Å²) < 4.78 is 0. The van der Waals surface area contributed by atoms with Crippen molar-refractivity contribution in [3.05, 3.63) is 22.7 Å². The molecule has 0 fully saturated rings. The summed E-state index contributed by atoms with van der Waals surface area (Å²) >= 11 is 6.21. The first kappa shape index (κ1) is 18.4. The van der Waals surface area contributed by atoms with Gasteiger partial charge in [-0.1, -0.05) is 11.6 Å². The van der Waals surface area contributed by atoms with Crippen LogP contribution in [0.5, 0.6) is 0 Å². The first-order valence-electron chi connectivity index (χ1n) is 6.30. The fourth-order valence-electron chi connectivity index (χ4n) is 1.76. The molecule has 1 aromatic rings. The molecule has 1 rings (SSSR count). The molecule has 8 nitrogen and oxygen atoms in total. The van der Waals surface area contributed by atoms with Crippen LogP contribution in [0.25, 0.3) is 0 Å². The smallest absolute Gasteiger partial charge is 0.330 e. The van der Waals surface area contributed by atoms with E-state index in [1.165, 1.54) is 26.2 Å². The van der Waals surface area contributed by atoms with Crippen LogP contribution in [0.2, 0.25) is 5.02 Å². The number of carbonyl (C=O) groups excluding carboxylic acids is 3. The topological polar surface area (TPSA) is 99.9 Å². The lowest BCUT2D eigenvalue weighted by Crippen LogP contribution is -2.32. The van der Waals surface area contributed by atoms with Crippen molar-refractivity contribution in [3.8, 4) is 6.07 Å². The van der Waals surface area contributed by atoms with Gasteiger partial charge in [-0.25, -0.2) is 4.79 Å². The largest absolute Gasteiger partial charge is 0.333 e. The molecule has 0 N–H and O–H groups in total. The number of carbonyl (C=O) groups is 3. The summed E-state index contributed by atoms with van der Waals surface area (Å²) in [5.74, 6) is -1.90. The maximum Gasteiger partial charge on any atom is 0.330 e. The maximum absolute atomic E-state index is 11.7.